The van der Waals surface area contributed by atoms with Crippen molar-refractivity contribution in [3.8, 4) is 0 Å². The molecule has 0 aliphatic carbocycles. The van der Waals surface area contributed by atoms with Crippen LogP contribution in [0.3, 0.4) is 0 Å². The van der Waals surface area contributed by atoms with E-state index in [1.807, 2.05) is 54.6 Å². The molecule has 0 unspecified atom stereocenters. The maximum atomic E-state index is 13.1. The van der Waals surface area contributed by atoms with E-state index in [1.54, 1.807) is 34.9 Å². The minimum atomic E-state index is -0.673. The van der Waals surface area contributed by atoms with Gasteiger partial charge in [-0.1, -0.05) is 60.8 Å². The van der Waals surface area contributed by atoms with Gasteiger partial charge in [0, 0.05) is 26.6 Å². The lowest BCUT2D eigenvalue weighted by Crippen LogP contribution is -2.35. The Morgan fingerprint density at radius 2 is 1.41 bits per heavy atom. The quantitative estimate of drug-likeness (QED) is 0.557. The molecule has 7 heteroatoms. The minimum absolute atomic E-state index is 0.301. The number of carbonyl (C=O) groups excluding carboxylic acids is 3. The lowest BCUT2D eigenvalue weighted by molar-refractivity contribution is -0.147. The zero-order valence-corrected chi connectivity index (χ0v) is 17.8. The predicted molar refractivity (Wildman–Crippen MR) is 122 cm³/mol. The Hall–Kier alpha value is -3.84. The normalized spacial score (nSPS) is 14.0. The molecule has 6 nitrogen and oxygen atoms in total. The second-order valence-electron chi connectivity index (χ2n) is 7.31. The van der Waals surface area contributed by atoms with Crippen molar-refractivity contribution in [2.75, 3.05) is 18.1 Å². The molecule has 0 bridgehead atoms. The highest BCUT2D eigenvalue weighted by Crippen LogP contribution is 2.47. The zero-order valence-electron chi connectivity index (χ0n) is 17.0. The summed E-state index contributed by atoms with van der Waals surface area (Å²) in [6, 6.07) is 22.2. The molecule has 2 amide bonds. The van der Waals surface area contributed by atoms with Gasteiger partial charge in [-0.15, -0.1) is 0 Å². The van der Waals surface area contributed by atoms with Crippen LogP contribution in [0.2, 0.25) is 0 Å². The fourth-order valence-corrected chi connectivity index (χ4v) is 4.91. The van der Waals surface area contributed by atoms with Crippen molar-refractivity contribution in [1.82, 2.24) is 4.90 Å². The fraction of sp³-hybridized carbons (Fsp3) is 0.0800. The number of para-hydroxylation sites is 2. The molecule has 0 radical (unpaired) electrons. The lowest BCUT2D eigenvalue weighted by atomic mass is 10.1. The number of fused-ring (bicyclic) bond motifs is 3. The number of hydrogen-bond acceptors (Lipinski definition) is 5. The van der Waals surface area contributed by atoms with E-state index in [4.69, 9.17) is 4.74 Å². The summed E-state index contributed by atoms with van der Waals surface area (Å²) in [5, 5.41) is 0. The van der Waals surface area contributed by atoms with Crippen molar-refractivity contribution < 1.29 is 19.1 Å². The van der Waals surface area contributed by atoms with Crippen LogP contribution < -0.4 is 4.90 Å². The third-order valence-corrected chi connectivity index (χ3v) is 6.50. The number of ether oxygens (including phenoxy) is 1. The molecule has 0 aromatic heterocycles. The van der Waals surface area contributed by atoms with Crippen LogP contribution >= 0.6 is 11.8 Å². The van der Waals surface area contributed by atoms with Gasteiger partial charge in [0.05, 0.1) is 11.4 Å². The maximum Gasteiger partial charge on any atom is 0.326 e. The third kappa shape index (κ3) is 3.36. The Labute approximate surface area is 189 Å². The first-order valence-electron chi connectivity index (χ1n) is 9.99. The Kier molecular flexibility index (Phi) is 5.03. The van der Waals surface area contributed by atoms with E-state index in [0.717, 1.165) is 21.2 Å². The smallest absolute Gasteiger partial charge is 0.326 e. The monoisotopic (exact) mass is 442 g/mol. The molecule has 0 fully saturated rings. The van der Waals surface area contributed by atoms with Gasteiger partial charge >= 0.3 is 5.97 Å². The summed E-state index contributed by atoms with van der Waals surface area (Å²) in [5.74, 6) is -1.34. The minimum Gasteiger partial charge on any atom is -0.454 e. The first kappa shape index (κ1) is 20.1. The Balaban J connectivity index is 1.29. The molecular formula is C25H18N2O4S. The second kappa shape index (κ2) is 8.01. The van der Waals surface area contributed by atoms with Gasteiger partial charge < -0.3 is 4.74 Å². The lowest BCUT2D eigenvalue weighted by Gasteiger charge is -2.30. The van der Waals surface area contributed by atoms with Gasteiger partial charge in [0.2, 0.25) is 0 Å². The summed E-state index contributed by atoms with van der Waals surface area (Å²) < 4.78 is 5.27. The van der Waals surface area contributed by atoms with E-state index in [-0.39, 0.29) is 18.4 Å². The number of rotatable bonds is 4. The molecular weight excluding hydrogens is 424 g/mol. The molecule has 0 saturated carbocycles. The van der Waals surface area contributed by atoms with Crippen LogP contribution in [0.4, 0.5) is 11.4 Å². The molecule has 158 valence electrons. The fourth-order valence-electron chi connectivity index (χ4n) is 3.86. The van der Waals surface area contributed by atoms with Crippen LogP contribution in [0.5, 0.6) is 0 Å². The van der Waals surface area contributed by atoms with Crippen molar-refractivity contribution in [3.63, 3.8) is 0 Å². The van der Waals surface area contributed by atoms with E-state index in [0.29, 0.717) is 16.8 Å². The molecule has 0 N–H and O–H groups in total. The molecule has 3 aromatic rings. The molecule has 5 rings (SSSR count). The molecule has 3 aromatic carbocycles. The average molecular weight is 442 g/mol. The van der Waals surface area contributed by atoms with Gasteiger partial charge in [-0.2, -0.15) is 0 Å². The van der Waals surface area contributed by atoms with Gasteiger partial charge in [-0.25, -0.2) is 0 Å². The Bertz CT molecular complexity index is 1210. The highest BCUT2D eigenvalue weighted by Gasteiger charge is 2.33. The van der Waals surface area contributed by atoms with E-state index in [1.165, 1.54) is 4.90 Å². The van der Waals surface area contributed by atoms with Crippen LogP contribution in [0.1, 0.15) is 15.9 Å². The SMILES string of the molecule is C=C1c2ccccc2C(=O)N1CC(=O)OCC(=O)N1c2ccccc2Sc2ccccc21. The Morgan fingerprint density at radius 3 is 2.03 bits per heavy atom. The van der Waals surface area contributed by atoms with Gasteiger partial charge in [0.15, 0.2) is 6.61 Å². The summed E-state index contributed by atoms with van der Waals surface area (Å²) in [5.41, 5.74) is 3.14. The van der Waals surface area contributed by atoms with Crippen LogP contribution in [0.25, 0.3) is 5.70 Å². The predicted octanol–water partition coefficient (Wildman–Crippen LogP) is 4.49. The van der Waals surface area contributed by atoms with Crippen molar-refractivity contribution in [2.24, 2.45) is 0 Å². The van der Waals surface area contributed by atoms with Crippen LogP contribution in [0.15, 0.2) is 89.2 Å². The number of carbonyl (C=O) groups is 3. The van der Waals surface area contributed by atoms with Crippen molar-refractivity contribution in [3.05, 3.63) is 90.5 Å². The molecule has 2 heterocycles. The molecule has 2 aliphatic rings. The number of nitrogens with zero attached hydrogens (tertiary/aromatic N) is 2. The van der Waals surface area contributed by atoms with Gasteiger partial charge in [0.25, 0.3) is 11.8 Å². The van der Waals surface area contributed by atoms with Gasteiger partial charge in [-0.3, -0.25) is 24.2 Å². The standard InChI is InChI=1S/C25H18N2O4S/c1-16-17-8-2-3-9-18(17)25(30)26(16)14-24(29)31-15-23(28)27-19-10-4-6-12-21(19)32-22-13-7-5-11-20(22)27/h2-13H,1,14-15H2. The number of esters is 1. The van der Waals surface area contributed by atoms with E-state index in [2.05, 4.69) is 6.58 Å². The van der Waals surface area contributed by atoms with Crippen LogP contribution in [-0.2, 0) is 14.3 Å². The summed E-state index contributed by atoms with van der Waals surface area (Å²) in [4.78, 5) is 42.9. The first-order chi connectivity index (χ1) is 15.5. The summed E-state index contributed by atoms with van der Waals surface area (Å²) in [7, 11) is 0. The third-order valence-electron chi connectivity index (χ3n) is 5.36. The van der Waals surface area contributed by atoms with Gasteiger partial charge in [0.1, 0.15) is 6.54 Å². The van der Waals surface area contributed by atoms with Crippen molar-refractivity contribution >= 4 is 46.6 Å². The maximum absolute atomic E-state index is 13.1. The molecule has 32 heavy (non-hydrogen) atoms. The van der Waals surface area contributed by atoms with Crippen LogP contribution in [0, 0.1) is 0 Å². The molecule has 0 saturated heterocycles. The summed E-state index contributed by atoms with van der Waals surface area (Å²) in [6.45, 7) is 3.18. The number of benzene rings is 3. The van der Waals surface area contributed by atoms with E-state index >= 15 is 0 Å². The van der Waals surface area contributed by atoms with Crippen molar-refractivity contribution in [2.45, 2.75) is 9.79 Å². The topological polar surface area (TPSA) is 66.9 Å². The first-order valence-corrected chi connectivity index (χ1v) is 10.8. The molecule has 0 atom stereocenters. The number of hydrogen-bond donors (Lipinski definition) is 0. The number of anilines is 2. The van der Waals surface area contributed by atoms with Crippen molar-refractivity contribution in [1.29, 1.82) is 0 Å². The van der Waals surface area contributed by atoms with E-state index < -0.39 is 12.6 Å². The Morgan fingerprint density at radius 1 is 0.844 bits per heavy atom. The summed E-state index contributed by atoms with van der Waals surface area (Å²) >= 11 is 1.59. The van der Waals surface area contributed by atoms with Crippen LogP contribution in [-0.4, -0.2) is 35.8 Å². The average Bonchev–Trinajstić information content (AvgIpc) is 3.06. The van der Waals surface area contributed by atoms with Gasteiger partial charge in [-0.05, 0) is 30.3 Å². The second-order valence-corrected chi connectivity index (χ2v) is 8.39. The van der Waals surface area contributed by atoms with E-state index in [9.17, 15) is 14.4 Å². The molecule has 0 spiro atoms. The summed E-state index contributed by atoms with van der Waals surface area (Å²) in [6.07, 6.45) is 0. The highest BCUT2D eigenvalue weighted by molar-refractivity contribution is 7.99. The molecule has 2 aliphatic heterocycles. The number of amides is 2. The highest BCUT2D eigenvalue weighted by atomic mass is 32.2. The zero-order chi connectivity index (χ0) is 22.2. The largest absolute Gasteiger partial charge is 0.454 e.